The lowest BCUT2D eigenvalue weighted by molar-refractivity contribution is 0.225. The van der Waals surface area contributed by atoms with Crippen molar-refractivity contribution in [2.75, 3.05) is 18.8 Å². The summed E-state index contributed by atoms with van der Waals surface area (Å²) < 4.78 is 25.2. The third-order valence-electron chi connectivity index (χ3n) is 4.24. The van der Waals surface area contributed by atoms with Crippen LogP contribution < -0.4 is 10.6 Å². The van der Waals surface area contributed by atoms with Crippen LogP contribution in [0.4, 0.5) is 4.79 Å². The first-order valence-electron chi connectivity index (χ1n) is 8.12. The monoisotopic (exact) mass is 373 g/mol. The summed E-state index contributed by atoms with van der Waals surface area (Å²) in [5.41, 5.74) is 0.932. The number of rotatable bonds is 5. The van der Waals surface area contributed by atoms with Crippen LogP contribution in [0, 0.1) is 0 Å². The predicted octanol–water partition coefficient (Wildman–Crippen LogP) is 2.51. The van der Waals surface area contributed by atoms with Crippen molar-refractivity contribution >= 4 is 27.7 Å². The molecule has 0 spiro atoms. The lowest BCUT2D eigenvalue weighted by Crippen LogP contribution is -2.49. The molecule has 1 atom stereocenters. The molecule has 8 heteroatoms. The molecular formula is C16H24ClN3O3S. The van der Waals surface area contributed by atoms with Gasteiger partial charge >= 0.3 is 6.03 Å². The summed E-state index contributed by atoms with van der Waals surface area (Å²) in [6, 6.07) is 6.93. The number of halogens is 1. The van der Waals surface area contributed by atoms with Gasteiger partial charge in [-0.05, 0) is 44.4 Å². The van der Waals surface area contributed by atoms with E-state index in [1.807, 2.05) is 25.1 Å². The quantitative estimate of drug-likeness (QED) is 0.832. The highest BCUT2D eigenvalue weighted by Gasteiger charge is 2.27. The van der Waals surface area contributed by atoms with Crippen molar-refractivity contribution in [1.29, 1.82) is 0 Å². The summed E-state index contributed by atoms with van der Waals surface area (Å²) in [4.78, 5) is 12.1. The first-order chi connectivity index (χ1) is 11.3. The van der Waals surface area contributed by atoms with Crippen LogP contribution in [0.15, 0.2) is 24.3 Å². The molecule has 0 aromatic heterocycles. The van der Waals surface area contributed by atoms with Gasteiger partial charge in [-0.25, -0.2) is 17.5 Å². The van der Waals surface area contributed by atoms with E-state index in [0.29, 0.717) is 31.0 Å². The number of hydrogen-bond donors (Lipinski definition) is 2. The Hall–Kier alpha value is -1.31. The van der Waals surface area contributed by atoms with Crippen LogP contribution in [0.25, 0.3) is 0 Å². The maximum Gasteiger partial charge on any atom is 0.315 e. The molecule has 24 heavy (non-hydrogen) atoms. The third kappa shape index (κ3) is 5.09. The second kappa shape index (κ2) is 8.18. The lowest BCUT2D eigenvalue weighted by Gasteiger charge is -2.31. The van der Waals surface area contributed by atoms with E-state index in [1.165, 1.54) is 4.31 Å². The maximum absolute atomic E-state index is 12.1. The van der Waals surface area contributed by atoms with E-state index in [9.17, 15) is 13.2 Å². The molecule has 1 unspecified atom stereocenters. The van der Waals surface area contributed by atoms with Gasteiger partial charge in [0.2, 0.25) is 10.0 Å². The molecule has 0 aliphatic carbocycles. The van der Waals surface area contributed by atoms with Crippen molar-refractivity contribution in [2.45, 2.75) is 38.8 Å². The molecule has 134 valence electrons. The van der Waals surface area contributed by atoms with Crippen molar-refractivity contribution in [3.8, 4) is 0 Å². The fourth-order valence-electron chi connectivity index (χ4n) is 2.74. The van der Waals surface area contributed by atoms with E-state index in [0.717, 1.165) is 5.56 Å². The maximum atomic E-state index is 12.1. The Bertz CT molecular complexity index is 673. The van der Waals surface area contributed by atoms with Crippen molar-refractivity contribution in [3.63, 3.8) is 0 Å². The Kier molecular flexibility index (Phi) is 6.48. The second-order valence-corrected chi connectivity index (χ2v) is 8.66. The van der Waals surface area contributed by atoms with Gasteiger partial charge < -0.3 is 10.6 Å². The lowest BCUT2D eigenvalue weighted by atomic mass is 10.1. The summed E-state index contributed by atoms with van der Waals surface area (Å²) in [6.07, 6.45) is 1.25. The average molecular weight is 374 g/mol. The van der Waals surface area contributed by atoms with Crippen LogP contribution in [0.1, 0.15) is 38.3 Å². The number of sulfonamides is 1. The van der Waals surface area contributed by atoms with Gasteiger partial charge in [-0.2, -0.15) is 0 Å². The Morgan fingerprint density at radius 3 is 2.62 bits per heavy atom. The highest BCUT2D eigenvalue weighted by molar-refractivity contribution is 7.89. The number of benzene rings is 1. The van der Waals surface area contributed by atoms with Crippen LogP contribution in [-0.4, -0.2) is 43.6 Å². The number of hydrogen-bond acceptors (Lipinski definition) is 3. The van der Waals surface area contributed by atoms with Gasteiger partial charge in [-0.3, -0.25) is 0 Å². The molecule has 1 aliphatic rings. The molecule has 6 nitrogen and oxygen atoms in total. The number of carbonyl (C=O) groups is 1. The summed E-state index contributed by atoms with van der Waals surface area (Å²) >= 11 is 5.96. The standard InChI is InChI=1S/C16H24ClN3O3S/c1-3-24(22,23)20-9-7-15(8-10-20)19-16(21)18-12(2)13-5-4-6-14(17)11-13/h4-6,11-12,15H,3,7-10H2,1-2H3,(H2,18,19,21). The zero-order valence-electron chi connectivity index (χ0n) is 14.0. The molecular weight excluding hydrogens is 350 g/mol. The molecule has 1 aromatic carbocycles. The highest BCUT2D eigenvalue weighted by Crippen LogP contribution is 2.18. The molecule has 2 N–H and O–H groups in total. The van der Waals surface area contributed by atoms with E-state index in [1.54, 1.807) is 13.0 Å². The molecule has 1 aromatic rings. The van der Waals surface area contributed by atoms with Crippen LogP contribution in [0.5, 0.6) is 0 Å². The van der Waals surface area contributed by atoms with Crippen LogP contribution in [0.3, 0.4) is 0 Å². The van der Waals surface area contributed by atoms with Gasteiger partial charge in [0.25, 0.3) is 0 Å². The molecule has 2 rings (SSSR count). The van der Waals surface area contributed by atoms with E-state index in [4.69, 9.17) is 11.6 Å². The summed E-state index contributed by atoms with van der Waals surface area (Å²) in [6.45, 7) is 4.43. The Labute approximate surface area is 148 Å². The van der Waals surface area contributed by atoms with Gasteiger partial charge in [0, 0.05) is 24.2 Å². The fourth-order valence-corrected chi connectivity index (χ4v) is 4.07. The predicted molar refractivity (Wildman–Crippen MR) is 95.6 cm³/mol. The van der Waals surface area contributed by atoms with Crippen LogP contribution in [0.2, 0.25) is 5.02 Å². The van der Waals surface area contributed by atoms with Crippen molar-refractivity contribution in [2.24, 2.45) is 0 Å². The molecule has 0 saturated carbocycles. The summed E-state index contributed by atoms with van der Waals surface area (Å²) in [5, 5.41) is 6.43. The van der Waals surface area contributed by atoms with Crippen molar-refractivity contribution in [3.05, 3.63) is 34.9 Å². The number of carbonyl (C=O) groups excluding carboxylic acids is 1. The van der Waals surface area contributed by atoms with E-state index >= 15 is 0 Å². The largest absolute Gasteiger partial charge is 0.335 e. The second-order valence-electron chi connectivity index (χ2n) is 5.97. The zero-order chi connectivity index (χ0) is 17.7. The number of urea groups is 1. The molecule has 0 radical (unpaired) electrons. The van der Waals surface area contributed by atoms with E-state index < -0.39 is 10.0 Å². The summed E-state index contributed by atoms with van der Waals surface area (Å²) in [5.74, 6) is 0.114. The Morgan fingerprint density at radius 1 is 1.38 bits per heavy atom. The topological polar surface area (TPSA) is 78.5 Å². The molecule has 1 saturated heterocycles. The zero-order valence-corrected chi connectivity index (χ0v) is 15.5. The smallest absolute Gasteiger partial charge is 0.315 e. The minimum atomic E-state index is -3.14. The molecule has 2 amide bonds. The van der Waals surface area contributed by atoms with Gasteiger partial charge in [0.15, 0.2) is 0 Å². The minimum absolute atomic E-state index is 0.0140. The number of amides is 2. The fraction of sp³-hybridized carbons (Fsp3) is 0.562. The van der Waals surface area contributed by atoms with Crippen molar-refractivity contribution in [1.82, 2.24) is 14.9 Å². The van der Waals surface area contributed by atoms with E-state index in [-0.39, 0.29) is 23.9 Å². The molecule has 1 heterocycles. The molecule has 0 bridgehead atoms. The third-order valence-corrected chi connectivity index (χ3v) is 6.36. The Morgan fingerprint density at radius 2 is 2.04 bits per heavy atom. The van der Waals surface area contributed by atoms with Crippen LogP contribution >= 0.6 is 11.6 Å². The Balaban J connectivity index is 1.81. The van der Waals surface area contributed by atoms with E-state index in [2.05, 4.69) is 10.6 Å². The number of piperidine rings is 1. The summed E-state index contributed by atoms with van der Waals surface area (Å²) in [7, 11) is -3.14. The average Bonchev–Trinajstić information content (AvgIpc) is 2.55. The molecule has 1 aliphatic heterocycles. The van der Waals surface area contributed by atoms with Gasteiger partial charge in [0.1, 0.15) is 0 Å². The van der Waals surface area contributed by atoms with Crippen molar-refractivity contribution < 1.29 is 13.2 Å². The van der Waals surface area contributed by atoms with Gasteiger partial charge in [0.05, 0.1) is 11.8 Å². The van der Waals surface area contributed by atoms with Gasteiger partial charge in [-0.15, -0.1) is 0 Å². The SMILES string of the molecule is CCS(=O)(=O)N1CCC(NC(=O)NC(C)c2cccc(Cl)c2)CC1. The number of nitrogens with zero attached hydrogens (tertiary/aromatic N) is 1. The van der Waals surface area contributed by atoms with Crippen LogP contribution in [-0.2, 0) is 10.0 Å². The molecule has 1 fully saturated rings. The number of nitrogens with one attached hydrogen (secondary N) is 2. The van der Waals surface area contributed by atoms with Gasteiger partial charge in [-0.1, -0.05) is 23.7 Å². The highest BCUT2D eigenvalue weighted by atomic mass is 35.5. The first-order valence-corrected chi connectivity index (χ1v) is 10.1. The first kappa shape index (κ1) is 19.0. The minimum Gasteiger partial charge on any atom is -0.335 e. The normalized spacial score (nSPS) is 18.1.